The molecule has 156 valence electrons. The van der Waals surface area contributed by atoms with Crippen molar-refractivity contribution >= 4 is 34.3 Å². The molecule has 2 heterocycles. The van der Waals surface area contributed by atoms with Crippen molar-refractivity contribution in [3.8, 4) is 5.75 Å². The Bertz CT molecular complexity index is 1300. The molecule has 2 N–H and O–H groups in total. The first-order valence-electron chi connectivity index (χ1n) is 9.51. The number of ether oxygens (including phenoxy) is 1. The summed E-state index contributed by atoms with van der Waals surface area (Å²) in [5, 5.41) is 3.56. The molecule has 1 atom stereocenters. The summed E-state index contributed by atoms with van der Waals surface area (Å²) in [6.07, 6.45) is 1.89. The average molecular weight is 443 g/mol. The Morgan fingerprint density at radius 1 is 1.00 bits per heavy atom. The van der Waals surface area contributed by atoms with E-state index in [0.717, 1.165) is 16.6 Å². The predicted octanol–water partition coefficient (Wildman–Crippen LogP) is 5.91. The largest absolute Gasteiger partial charge is 0.434 e. The van der Waals surface area contributed by atoms with Gasteiger partial charge in [0.1, 0.15) is 34.3 Å². The van der Waals surface area contributed by atoms with Gasteiger partial charge in [-0.25, -0.2) is 19.3 Å². The summed E-state index contributed by atoms with van der Waals surface area (Å²) in [7, 11) is 0. The Morgan fingerprint density at radius 3 is 2.55 bits per heavy atom. The van der Waals surface area contributed by atoms with E-state index in [-0.39, 0.29) is 22.6 Å². The number of allylic oxidation sites excluding steroid dienone is 1. The minimum atomic E-state index is -2.99. The first kappa shape index (κ1) is 19.5. The van der Waals surface area contributed by atoms with Crippen LogP contribution in [-0.4, -0.2) is 11.6 Å². The average Bonchev–Trinajstić information content (AvgIpc) is 3.12. The SMILES string of the molecule is Fc1ccc(C2C=C(c3ccc(Cl)cc3OC(F)F)Nc3[nH]c4ccccc4[n+]32)cc1. The van der Waals surface area contributed by atoms with Gasteiger partial charge in [0, 0.05) is 5.02 Å². The third kappa shape index (κ3) is 3.61. The molecule has 0 amide bonds. The number of nitrogens with zero attached hydrogens (tertiary/aromatic N) is 1. The molecular weight excluding hydrogens is 427 g/mol. The van der Waals surface area contributed by atoms with E-state index in [1.165, 1.54) is 18.2 Å². The van der Waals surface area contributed by atoms with Crippen LogP contribution in [0.3, 0.4) is 0 Å². The first-order chi connectivity index (χ1) is 15.0. The lowest BCUT2D eigenvalue weighted by molar-refractivity contribution is -0.664. The molecule has 1 unspecified atom stereocenters. The number of hydrogen-bond donors (Lipinski definition) is 2. The summed E-state index contributed by atoms with van der Waals surface area (Å²) in [5.74, 6) is 0.283. The fourth-order valence-electron chi connectivity index (χ4n) is 3.85. The summed E-state index contributed by atoms with van der Waals surface area (Å²) in [6.45, 7) is -2.99. The summed E-state index contributed by atoms with van der Waals surface area (Å²) < 4.78 is 46.3. The minimum absolute atomic E-state index is 0.0383. The van der Waals surface area contributed by atoms with Crippen LogP contribution in [-0.2, 0) is 0 Å². The number of benzene rings is 3. The minimum Gasteiger partial charge on any atom is -0.434 e. The number of imidazole rings is 1. The molecule has 1 aliphatic rings. The van der Waals surface area contributed by atoms with Crippen LogP contribution in [0, 0.1) is 5.82 Å². The zero-order valence-corrected chi connectivity index (χ0v) is 16.7. The van der Waals surface area contributed by atoms with Crippen LogP contribution < -0.4 is 14.6 Å². The van der Waals surface area contributed by atoms with Gasteiger partial charge in [0.2, 0.25) is 0 Å². The summed E-state index contributed by atoms with van der Waals surface area (Å²) in [5.41, 5.74) is 3.67. The molecule has 0 spiro atoms. The molecule has 5 rings (SSSR count). The molecule has 0 bridgehead atoms. The zero-order chi connectivity index (χ0) is 21.5. The molecular formula is C23H16ClF3N3O+. The fourth-order valence-corrected chi connectivity index (χ4v) is 4.02. The van der Waals surface area contributed by atoms with Crippen LogP contribution in [0.1, 0.15) is 17.2 Å². The summed E-state index contributed by atoms with van der Waals surface area (Å²) in [4.78, 5) is 3.32. The molecule has 1 aromatic heterocycles. The highest BCUT2D eigenvalue weighted by molar-refractivity contribution is 6.30. The van der Waals surface area contributed by atoms with Gasteiger partial charge in [-0.05, 0) is 54.1 Å². The highest BCUT2D eigenvalue weighted by atomic mass is 35.5. The van der Waals surface area contributed by atoms with Gasteiger partial charge < -0.3 is 4.74 Å². The second-order valence-electron chi connectivity index (χ2n) is 7.08. The van der Waals surface area contributed by atoms with Gasteiger partial charge in [-0.15, -0.1) is 0 Å². The van der Waals surface area contributed by atoms with Gasteiger partial charge in [-0.2, -0.15) is 8.78 Å². The summed E-state index contributed by atoms with van der Waals surface area (Å²) >= 11 is 6.00. The van der Waals surface area contributed by atoms with Crippen LogP contribution in [0.5, 0.6) is 5.75 Å². The third-order valence-electron chi connectivity index (χ3n) is 5.17. The van der Waals surface area contributed by atoms with E-state index in [2.05, 4.69) is 10.3 Å². The van der Waals surface area contributed by atoms with E-state index in [1.807, 2.05) is 34.9 Å². The Hall–Kier alpha value is -3.45. The van der Waals surface area contributed by atoms with Gasteiger partial charge in [-0.3, -0.25) is 0 Å². The highest BCUT2D eigenvalue weighted by Crippen LogP contribution is 2.35. The Morgan fingerprint density at radius 2 is 1.77 bits per heavy atom. The van der Waals surface area contributed by atoms with E-state index in [0.29, 0.717) is 17.2 Å². The number of H-pyrrole nitrogens is 1. The van der Waals surface area contributed by atoms with Crippen molar-refractivity contribution in [2.45, 2.75) is 12.7 Å². The molecule has 0 saturated carbocycles. The second kappa shape index (κ2) is 7.67. The van der Waals surface area contributed by atoms with Crippen molar-refractivity contribution in [2.75, 3.05) is 5.32 Å². The monoisotopic (exact) mass is 442 g/mol. The number of anilines is 1. The van der Waals surface area contributed by atoms with E-state index < -0.39 is 6.61 Å². The van der Waals surface area contributed by atoms with Crippen molar-refractivity contribution in [1.29, 1.82) is 0 Å². The van der Waals surface area contributed by atoms with Gasteiger partial charge >= 0.3 is 12.6 Å². The van der Waals surface area contributed by atoms with Gasteiger partial charge in [0.25, 0.3) is 0 Å². The molecule has 31 heavy (non-hydrogen) atoms. The number of nitrogens with one attached hydrogen (secondary N) is 2. The van der Waals surface area contributed by atoms with Crippen molar-refractivity contribution in [1.82, 2.24) is 4.98 Å². The van der Waals surface area contributed by atoms with E-state index >= 15 is 0 Å². The van der Waals surface area contributed by atoms with Crippen molar-refractivity contribution in [2.24, 2.45) is 0 Å². The van der Waals surface area contributed by atoms with Crippen LogP contribution in [0.15, 0.2) is 72.8 Å². The molecule has 8 heteroatoms. The Kier molecular flexibility index (Phi) is 4.82. The Balaban J connectivity index is 1.70. The molecule has 1 aliphatic heterocycles. The first-order valence-corrected chi connectivity index (χ1v) is 9.89. The van der Waals surface area contributed by atoms with Crippen LogP contribution in [0.25, 0.3) is 16.7 Å². The van der Waals surface area contributed by atoms with Crippen molar-refractivity contribution < 1.29 is 22.5 Å². The van der Waals surface area contributed by atoms with E-state index in [9.17, 15) is 13.2 Å². The maximum Gasteiger partial charge on any atom is 0.387 e. The molecule has 0 aliphatic carbocycles. The number of aromatic nitrogens is 2. The summed E-state index contributed by atoms with van der Waals surface area (Å²) in [6, 6.07) is 18.2. The number of para-hydroxylation sites is 2. The standard InChI is InChI=1S/C23H15ClF3N3O/c24-14-7-10-16(21(11-14)31-22(26)27)18-12-20(13-5-8-15(25)9-6-13)30-19-4-2-1-3-17(19)28-23(30)29-18/h1-12,20,22H,(H,28,29)/p+1. The van der Waals surface area contributed by atoms with Crippen molar-refractivity contribution in [3.63, 3.8) is 0 Å². The lowest BCUT2D eigenvalue weighted by atomic mass is 10.0. The normalized spacial score (nSPS) is 15.5. The van der Waals surface area contributed by atoms with Crippen LogP contribution in [0.2, 0.25) is 5.02 Å². The zero-order valence-electron chi connectivity index (χ0n) is 16.0. The van der Waals surface area contributed by atoms with Crippen LogP contribution in [0.4, 0.5) is 19.1 Å². The Labute approximate surface area is 180 Å². The number of fused-ring (bicyclic) bond motifs is 3. The van der Waals surface area contributed by atoms with Gasteiger partial charge in [0.05, 0.1) is 5.56 Å². The number of alkyl halides is 2. The molecule has 0 saturated heterocycles. The maximum atomic E-state index is 13.6. The van der Waals surface area contributed by atoms with Crippen molar-refractivity contribution in [3.05, 3.63) is 94.8 Å². The topological polar surface area (TPSA) is 40.9 Å². The predicted molar refractivity (Wildman–Crippen MR) is 113 cm³/mol. The van der Waals surface area contributed by atoms with Gasteiger partial charge in [-0.1, -0.05) is 35.9 Å². The molecule has 4 nitrogen and oxygen atoms in total. The molecule has 0 fully saturated rings. The third-order valence-corrected chi connectivity index (χ3v) is 5.41. The number of rotatable bonds is 4. The highest BCUT2D eigenvalue weighted by Gasteiger charge is 2.32. The smallest absolute Gasteiger partial charge is 0.387 e. The number of halogens is 4. The second-order valence-corrected chi connectivity index (χ2v) is 7.52. The van der Waals surface area contributed by atoms with E-state index in [4.69, 9.17) is 16.3 Å². The molecule has 0 radical (unpaired) electrons. The quantitative estimate of drug-likeness (QED) is 0.386. The molecule has 3 aromatic carbocycles. The van der Waals surface area contributed by atoms with Gasteiger partial charge in [0.15, 0.2) is 0 Å². The lowest BCUT2D eigenvalue weighted by Crippen LogP contribution is -2.43. The number of hydrogen-bond acceptors (Lipinski definition) is 2. The maximum absolute atomic E-state index is 13.6. The molecule has 4 aromatic rings. The van der Waals surface area contributed by atoms with E-state index in [1.54, 1.807) is 24.3 Å². The lowest BCUT2D eigenvalue weighted by Gasteiger charge is -2.22. The fraction of sp³-hybridized carbons (Fsp3) is 0.0870. The number of aromatic amines is 1. The van der Waals surface area contributed by atoms with Crippen LogP contribution >= 0.6 is 11.6 Å².